The number of methoxy groups -OCH3 is 1. The van der Waals surface area contributed by atoms with Crippen LogP contribution in [0.4, 0.5) is 15.8 Å². The van der Waals surface area contributed by atoms with E-state index in [-0.39, 0.29) is 68.0 Å². The van der Waals surface area contributed by atoms with Gasteiger partial charge in [0.25, 0.3) is 0 Å². The van der Waals surface area contributed by atoms with Crippen LogP contribution >= 0.6 is 11.6 Å². The van der Waals surface area contributed by atoms with Crippen molar-refractivity contribution in [2.24, 2.45) is 5.41 Å². The van der Waals surface area contributed by atoms with Crippen molar-refractivity contribution in [1.82, 2.24) is 4.98 Å². The molecule has 1 heterocycles. The molecule has 0 unspecified atom stereocenters. The monoisotopic (exact) mass is 635 g/mol. The molecule has 10 nitrogen and oxygen atoms in total. The summed E-state index contributed by atoms with van der Waals surface area (Å²) in [4.78, 5) is 41.0. The molecule has 220 valence electrons. The number of nitrogens with one attached hydrogen (secondary N) is 2. The molecule has 3 N–H and O–H groups in total. The standard InChI is InChI=1S/C30H25ClFN3O7.Ca.2H/c1-40-25-15-20-22(16-26(25)41-12-8-27(36)37)33-11-7-23(20)42-24-6-5-19(14-21(24)32)35-29(39)30(9-10-30)28(38)34-18-4-2-3-17(31)13-18;;;/h2-7,11,13-16H,8-10,12H2,1H3,(H,34,38)(H,35,39)(H,36,37);;;. The molecule has 1 saturated carbocycles. The zero-order valence-electron chi connectivity index (χ0n) is 22.3. The van der Waals surface area contributed by atoms with E-state index in [4.69, 9.17) is 30.9 Å². The zero-order valence-corrected chi connectivity index (χ0v) is 23.0. The number of rotatable bonds is 11. The summed E-state index contributed by atoms with van der Waals surface area (Å²) in [6.45, 7) is -0.0603. The summed E-state index contributed by atoms with van der Waals surface area (Å²) in [6, 6.07) is 15.3. The number of carbonyl (C=O) groups is 3. The summed E-state index contributed by atoms with van der Waals surface area (Å²) in [5, 5.41) is 15.2. The molecular formula is C30H27CaClFN3O7. The van der Waals surface area contributed by atoms with Crippen LogP contribution in [-0.4, -0.2) is 79.3 Å². The molecule has 0 bridgehead atoms. The Hall–Kier alpha value is -3.64. The number of carboxylic acids is 1. The zero-order chi connectivity index (χ0) is 29.9. The molecule has 1 aromatic heterocycles. The summed E-state index contributed by atoms with van der Waals surface area (Å²) in [5.41, 5.74) is -0.161. The van der Waals surface area contributed by atoms with Gasteiger partial charge in [0, 0.05) is 40.1 Å². The second-order valence-electron chi connectivity index (χ2n) is 9.57. The van der Waals surface area contributed by atoms with Crippen molar-refractivity contribution < 1.29 is 38.1 Å². The Morgan fingerprint density at radius 1 is 0.953 bits per heavy atom. The molecule has 3 aromatic carbocycles. The minimum absolute atomic E-state index is 0. The number of anilines is 2. The van der Waals surface area contributed by atoms with Crippen LogP contribution in [0.15, 0.2) is 66.9 Å². The molecular weight excluding hydrogens is 609 g/mol. The van der Waals surface area contributed by atoms with Crippen molar-refractivity contribution in [2.75, 3.05) is 24.4 Å². The number of carboxylic acid groups (broad SMARTS) is 1. The van der Waals surface area contributed by atoms with Crippen LogP contribution < -0.4 is 24.8 Å². The molecule has 0 aliphatic heterocycles. The molecule has 1 aliphatic carbocycles. The van der Waals surface area contributed by atoms with E-state index in [1.807, 2.05) is 0 Å². The number of aromatic nitrogens is 1. The van der Waals surface area contributed by atoms with Crippen LogP contribution in [0.5, 0.6) is 23.0 Å². The average Bonchev–Trinajstić information content (AvgIpc) is 3.77. The number of halogens is 2. The van der Waals surface area contributed by atoms with Gasteiger partial charge in [0.2, 0.25) is 11.8 Å². The SMILES string of the molecule is COc1cc2c(Oc3ccc(NC(=O)C4(C(=O)Nc5cccc(Cl)c5)CC4)cc3F)ccnc2cc1OCCC(=O)O.[CaH2]. The number of pyridine rings is 1. The second-order valence-corrected chi connectivity index (χ2v) is 10.0. The third-order valence-electron chi connectivity index (χ3n) is 6.67. The first-order valence-corrected chi connectivity index (χ1v) is 13.2. The second kappa shape index (κ2) is 13.8. The fourth-order valence-electron chi connectivity index (χ4n) is 4.27. The number of amides is 2. The summed E-state index contributed by atoms with van der Waals surface area (Å²) in [6.07, 6.45) is 2.01. The van der Waals surface area contributed by atoms with E-state index < -0.39 is 29.0 Å². The third-order valence-corrected chi connectivity index (χ3v) is 6.91. The Balaban J connectivity index is 0.00000423. The molecule has 2 amide bonds. The van der Waals surface area contributed by atoms with Gasteiger partial charge >= 0.3 is 43.7 Å². The molecule has 0 spiro atoms. The van der Waals surface area contributed by atoms with Crippen LogP contribution in [0.1, 0.15) is 19.3 Å². The Morgan fingerprint density at radius 3 is 2.30 bits per heavy atom. The fraction of sp³-hybridized carbons (Fsp3) is 0.200. The number of benzene rings is 3. The first kappa shape index (κ1) is 32.3. The Labute approximate surface area is 280 Å². The van der Waals surface area contributed by atoms with Crippen molar-refractivity contribution in [3.63, 3.8) is 0 Å². The number of hydrogen-bond donors (Lipinski definition) is 3. The number of carbonyl (C=O) groups excluding carboxylic acids is 2. The van der Waals surface area contributed by atoms with Gasteiger partial charge in [-0.2, -0.15) is 0 Å². The Kier molecular flexibility index (Phi) is 10.3. The average molecular weight is 636 g/mol. The predicted octanol–water partition coefficient (Wildman–Crippen LogP) is 5.12. The van der Waals surface area contributed by atoms with E-state index >= 15 is 4.39 Å². The maximum absolute atomic E-state index is 15.1. The quantitative estimate of drug-likeness (QED) is 0.153. The molecule has 1 aliphatic rings. The molecule has 4 aromatic rings. The first-order valence-electron chi connectivity index (χ1n) is 12.9. The number of fused-ring (bicyclic) bond motifs is 1. The topological polar surface area (TPSA) is 136 Å². The van der Waals surface area contributed by atoms with E-state index in [1.54, 1.807) is 42.5 Å². The first-order chi connectivity index (χ1) is 20.2. The van der Waals surface area contributed by atoms with Crippen LogP contribution in [0.2, 0.25) is 5.02 Å². The number of aliphatic carboxylic acids is 1. The normalized spacial score (nSPS) is 12.9. The van der Waals surface area contributed by atoms with Gasteiger partial charge in [-0.1, -0.05) is 17.7 Å². The Morgan fingerprint density at radius 2 is 1.67 bits per heavy atom. The summed E-state index contributed by atoms with van der Waals surface area (Å²) in [7, 11) is 1.43. The van der Waals surface area contributed by atoms with Crippen molar-refractivity contribution in [2.45, 2.75) is 19.3 Å². The number of nitrogens with zero attached hydrogens (tertiary/aromatic N) is 1. The van der Waals surface area contributed by atoms with Gasteiger partial charge < -0.3 is 30.0 Å². The van der Waals surface area contributed by atoms with Crippen LogP contribution in [0.3, 0.4) is 0 Å². The van der Waals surface area contributed by atoms with Crippen LogP contribution in [0.25, 0.3) is 10.9 Å². The number of ether oxygens (including phenoxy) is 3. The molecule has 13 heteroatoms. The van der Waals surface area contributed by atoms with E-state index in [2.05, 4.69) is 15.6 Å². The van der Waals surface area contributed by atoms with Crippen molar-refractivity contribution in [3.05, 3.63) is 77.7 Å². The van der Waals surface area contributed by atoms with Crippen molar-refractivity contribution >= 4 is 89.4 Å². The summed E-state index contributed by atoms with van der Waals surface area (Å²) >= 11 is 5.97. The molecule has 0 radical (unpaired) electrons. The van der Waals surface area contributed by atoms with Gasteiger partial charge in [0.1, 0.15) is 11.2 Å². The summed E-state index contributed by atoms with van der Waals surface area (Å²) in [5.74, 6) is -1.95. The van der Waals surface area contributed by atoms with Gasteiger partial charge in [-0.15, -0.1) is 0 Å². The van der Waals surface area contributed by atoms with Crippen LogP contribution in [0, 0.1) is 11.2 Å². The molecule has 0 atom stereocenters. The molecule has 1 fully saturated rings. The maximum atomic E-state index is 15.1. The van der Waals surface area contributed by atoms with Gasteiger partial charge in [-0.3, -0.25) is 19.4 Å². The van der Waals surface area contributed by atoms with E-state index in [0.717, 1.165) is 6.07 Å². The number of hydrogen-bond acceptors (Lipinski definition) is 7. The van der Waals surface area contributed by atoms with Gasteiger partial charge in [0.15, 0.2) is 23.1 Å². The predicted molar refractivity (Wildman–Crippen MR) is 161 cm³/mol. The Bertz CT molecular complexity index is 1700. The van der Waals surface area contributed by atoms with E-state index in [1.165, 1.54) is 25.4 Å². The van der Waals surface area contributed by atoms with Gasteiger partial charge in [-0.05, 0) is 55.3 Å². The van der Waals surface area contributed by atoms with Crippen LogP contribution in [-0.2, 0) is 14.4 Å². The summed E-state index contributed by atoms with van der Waals surface area (Å²) < 4.78 is 31.9. The van der Waals surface area contributed by atoms with Crippen molar-refractivity contribution in [3.8, 4) is 23.0 Å². The van der Waals surface area contributed by atoms with Gasteiger partial charge in [0.05, 0.1) is 25.7 Å². The third kappa shape index (κ3) is 7.48. The molecule has 43 heavy (non-hydrogen) atoms. The molecule has 0 saturated heterocycles. The van der Waals surface area contributed by atoms with E-state index in [0.29, 0.717) is 46.0 Å². The van der Waals surface area contributed by atoms with Gasteiger partial charge in [-0.25, -0.2) is 4.39 Å². The fourth-order valence-corrected chi connectivity index (χ4v) is 4.46. The molecule has 5 rings (SSSR count). The van der Waals surface area contributed by atoms with Crippen molar-refractivity contribution in [1.29, 1.82) is 0 Å². The minimum atomic E-state index is -1.25. The van der Waals surface area contributed by atoms with E-state index in [9.17, 15) is 14.4 Å².